The van der Waals surface area contributed by atoms with E-state index in [1.54, 1.807) is 6.08 Å². The second-order valence-corrected chi connectivity index (χ2v) is 16.3. The lowest BCUT2D eigenvalue weighted by atomic mass is 9.44. The summed E-state index contributed by atoms with van der Waals surface area (Å²) in [6.07, 6.45) is 19.5. The van der Waals surface area contributed by atoms with E-state index >= 15 is 0 Å². The summed E-state index contributed by atoms with van der Waals surface area (Å²) in [5.74, 6) is 6.67. The molecular weight excluding hydrogens is 584 g/mol. The van der Waals surface area contributed by atoms with Gasteiger partial charge in [0.05, 0.1) is 6.61 Å². The first-order valence-corrected chi connectivity index (χ1v) is 18.4. The zero-order chi connectivity index (χ0) is 29.9. The van der Waals surface area contributed by atoms with Crippen LogP contribution in [0, 0.1) is 52.3 Å². The fourth-order valence-corrected chi connectivity index (χ4v) is 10.7. The molecule has 0 N–H and O–H groups in total. The molecule has 1 aromatic rings. The number of fused-ring (bicyclic) bond motifs is 5. The first-order chi connectivity index (χ1) is 20.1. The van der Waals surface area contributed by atoms with Crippen molar-refractivity contribution < 1.29 is 14.3 Å². The summed E-state index contributed by atoms with van der Waals surface area (Å²) < 4.78 is 11.7. The summed E-state index contributed by atoms with van der Waals surface area (Å²) in [6.45, 7) is 13.3. The maximum atomic E-state index is 12.8. The van der Waals surface area contributed by atoms with Gasteiger partial charge in [-0.25, -0.2) is 4.79 Å². The van der Waals surface area contributed by atoms with Gasteiger partial charge in [-0.05, 0) is 134 Å². The van der Waals surface area contributed by atoms with Crippen molar-refractivity contribution in [3.63, 3.8) is 0 Å². The molecule has 9 atom stereocenters. The first-order valence-electron chi connectivity index (χ1n) is 17.3. The molecule has 0 heterocycles. The van der Waals surface area contributed by atoms with Crippen molar-refractivity contribution in [2.24, 2.45) is 52.3 Å². The molecule has 0 amide bonds. The van der Waals surface area contributed by atoms with Crippen molar-refractivity contribution in [3.8, 4) is 5.75 Å². The van der Waals surface area contributed by atoms with E-state index in [0.717, 1.165) is 65.0 Å². The van der Waals surface area contributed by atoms with Crippen LogP contribution >= 0.6 is 15.9 Å². The van der Waals surface area contributed by atoms with E-state index in [4.69, 9.17) is 9.47 Å². The summed E-state index contributed by atoms with van der Waals surface area (Å²) in [5, 5.41) is 0.807. The molecule has 0 aromatic heterocycles. The standard InChI is InChI=1S/C38H57BrO3/c1-26(2)7-6-8-27(3)33-16-17-34-32-15-12-29-25-31(19-21-37(29,4)35(32)20-22-38(33,34)5)42-36(40)18-11-28-9-13-30(14-10-28)41-24-23-39/h9-11,13-14,18,26-27,29,31-35H,6-8,12,15-17,19-25H2,1-5H3/t27-,29?,31?,32?,33-,34?,35?,37+,38-/m1/s1. The van der Waals surface area contributed by atoms with Gasteiger partial charge in [-0.1, -0.05) is 81.9 Å². The highest BCUT2D eigenvalue weighted by Gasteiger charge is 2.60. The predicted molar refractivity (Wildman–Crippen MR) is 178 cm³/mol. The Balaban J connectivity index is 1.14. The largest absolute Gasteiger partial charge is 0.493 e. The minimum atomic E-state index is -0.204. The van der Waals surface area contributed by atoms with Gasteiger partial charge in [-0.2, -0.15) is 0 Å². The van der Waals surface area contributed by atoms with Crippen LogP contribution in [0.3, 0.4) is 0 Å². The van der Waals surface area contributed by atoms with Gasteiger partial charge < -0.3 is 9.47 Å². The average molecular weight is 642 g/mol. The van der Waals surface area contributed by atoms with Crippen molar-refractivity contribution in [2.45, 2.75) is 118 Å². The molecule has 0 saturated heterocycles. The molecule has 4 aliphatic rings. The summed E-state index contributed by atoms with van der Waals surface area (Å²) in [6, 6.07) is 7.85. The van der Waals surface area contributed by atoms with Crippen molar-refractivity contribution in [3.05, 3.63) is 35.9 Å². The Bertz CT molecular complexity index is 1060. The lowest BCUT2D eigenvalue weighted by Gasteiger charge is -2.61. The van der Waals surface area contributed by atoms with Crippen LogP contribution in [0.25, 0.3) is 6.08 Å². The zero-order valence-corrected chi connectivity index (χ0v) is 28.7. The highest BCUT2D eigenvalue weighted by atomic mass is 79.9. The molecule has 4 saturated carbocycles. The third-order valence-electron chi connectivity index (χ3n) is 12.7. The summed E-state index contributed by atoms with van der Waals surface area (Å²) >= 11 is 3.38. The molecule has 1 aromatic carbocycles. The molecule has 4 aliphatic carbocycles. The third-order valence-corrected chi connectivity index (χ3v) is 13.1. The Labute approximate surface area is 265 Å². The number of esters is 1. The summed E-state index contributed by atoms with van der Waals surface area (Å²) in [5.41, 5.74) is 1.96. The van der Waals surface area contributed by atoms with Crippen LogP contribution in [0.5, 0.6) is 5.75 Å². The number of ether oxygens (including phenoxy) is 2. The third kappa shape index (κ3) is 6.84. The normalized spacial score (nSPS) is 36.7. The number of alkyl halides is 1. The Hall–Kier alpha value is -1.29. The predicted octanol–water partition coefficient (Wildman–Crippen LogP) is 10.5. The van der Waals surface area contributed by atoms with Crippen LogP contribution in [0.2, 0.25) is 0 Å². The Morgan fingerprint density at radius 3 is 2.43 bits per heavy atom. The Morgan fingerprint density at radius 2 is 1.69 bits per heavy atom. The quantitative estimate of drug-likeness (QED) is 0.137. The van der Waals surface area contributed by atoms with Crippen molar-refractivity contribution in [1.82, 2.24) is 0 Å². The van der Waals surface area contributed by atoms with E-state index < -0.39 is 0 Å². The van der Waals surface area contributed by atoms with Gasteiger partial charge in [0.2, 0.25) is 0 Å². The molecule has 3 nitrogen and oxygen atoms in total. The van der Waals surface area contributed by atoms with Gasteiger partial charge in [0, 0.05) is 11.4 Å². The fourth-order valence-electron chi connectivity index (χ4n) is 10.5. The first kappa shape index (κ1) is 32.1. The molecule has 0 aliphatic heterocycles. The Kier molecular flexibility index (Phi) is 10.5. The molecular formula is C38H57BrO3. The van der Waals surface area contributed by atoms with E-state index in [0.29, 0.717) is 23.4 Å². The number of carbonyl (C=O) groups is 1. The van der Waals surface area contributed by atoms with E-state index in [2.05, 4.69) is 50.5 Å². The van der Waals surface area contributed by atoms with Crippen LogP contribution in [-0.2, 0) is 9.53 Å². The van der Waals surface area contributed by atoms with E-state index in [9.17, 15) is 4.79 Å². The number of hydrogen-bond donors (Lipinski definition) is 0. The number of rotatable bonds is 11. The zero-order valence-electron chi connectivity index (χ0n) is 27.1. The van der Waals surface area contributed by atoms with Gasteiger partial charge >= 0.3 is 5.97 Å². The molecule has 0 bridgehead atoms. The van der Waals surface area contributed by atoms with Gasteiger partial charge in [-0.15, -0.1) is 0 Å². The lowest BCUT2D eigenvalue weighted by molar-refractivity contribution is -0.157. The monoisotopic (exact) mass is 640 g/mol. The van der Waals surface area contributed by atoms with Gasteiger partial charge in [0.15, 0.2) is 0 Å². The van der Waals surface area contributed by atoms with Crippen molar-refractivity contribution in [1.29, 1.82) is 0 Å². The molecule has 234 valence electrons. The average Bonchev–Trinajstić information content (AvgIpc) is 3.33. The second kappa shape index (κ2) is 13.8. The van der Waals surface area contributed by atoms with Gasteiger partial charge in [0.25, 0.3) is 0 Å². The lowest BCUT2D eigenvalue weighted by Crippen LogP contribution is -2.54. The summed E-state index contributed by atoms with van der Waals surface area (Å²) in [7, 11) is 0. The maximum absolute atomic E-state index is 12.8. The maximum Gasteiger partial charge on any atom is 0.331 e. The molecule has 5 unspecified atom stereocenters. The van der Waals surface area contributed by atoms with Crippen LogP contribution in [0.1, 0.15) is 117 Å². The van der Waals surface area contributed by atoms with Gasteiger partial charge in [0.1, 0.15) is 11.9 Å². The van der Waals surface area contributed by atoms with E-state index in [1.165, 1.54) is 64.2 Å². The van der Waals surface area contributed by atoms with Crippen molar-refractivity contribution >= 4 is 28.0 Å². The summed E-state index contributed by atoms with van der Waals surface area (Å²) in [4.78, 5) is 12.8. The Morgan fingerprint density at radius 1 is 0.952 bits per heavy atom. The van der Waals surface area contributed by atoms with Crippen LogP contribution in [-0.4, -0.2) is 24.0 Å². The van der Waals surface area contributed by atoms with E-state index in [-0.39, 0.29) is 12.1 Å². The highest BCUT2D eigenvalue weighted by Crippen LogP contribution is 2.68. The topological polar surface area (TPSA) is 35.5 Å². The van der Waals surface area contributed by atoms with Crippen LogP contribution in [0.4, 0.5) is 0 Å². The fraction of sp³-hybridized carbons (Fsp3) is 0.763. The van der Waals surface area contributed by atoms with Crippen molar-refractivity contribution in [2.75, 3.05) is 11.9 Å². The van der Waals surface area contributed by atoms with Crippen LogP contribution < -0.4 is 4.74 Å². The molecule has 4 heteroatoms. The smallest absolute Gasteiger partial charge is 0.331 e. The highest BCUT2D eigenvalue weighted by molar-refractivity contribution is 9.09. The van der Waals surface area contributed by atoms with E-state index in [1.807, 2.05) is 30.3 Å². The molecule has 0 radical (unpaired) electrons. The molecule has 4 fully saturated rings. The minimum absolute atomic E-state index is 0.0632. The number of hydrogen-bond acceptors (Lipinski definition) is 3. The van der Waals surface area contributed by atoms with Crippen LogP contribution in [0.15, 0.2) is 30.3 Å². The number of halogens is 1. The molecule has 42 heavy (non-hydrogen) atoms. The SMILES string of the molecule is CC(C)CCC[C@@H](C)[C@H]1CCC2C3CCC4CC(OC(=O)C=Cc5ccc(OCCBr)cc5)CC[C@]4(C)C3CC[C@@]21C. The number of benzene rings is 1. The number of carbonyl (C=O) groups excluding carboxylic acids is 1. The van der Waals surface area contributed by atoms with Gasteiger partial charge in [-0.3, -0.25) is 0 Å². The minimum Gasteiger partial charge on any atom is -0.493 e. The second-order valence-electron chi connectivity index (χ2n) is 15.5. The molecule has 0 spiro atoms. The molecule has 5 rings (SSSR count).